The molecule has 0 heterocycles. The van der Waals surface area contributed by atoms with Gasteiger partial charge in [-0.3, -0.25) is 4.79 Å². The molecule has 0 atom stereocenters. The van der Waals surface area contributed by atoms with Gasteiger partial charge in [0, 0.05) is 6.54 Å². The Bertz CT molecular complexity index is 112. The fourth-order valence-electron chi connectivity index (χ4n) is 0.627. The zero-order valence-electron chi connectivity index (χ0n) is 5.19. The highest BCUT2D eigenvalue weighted by molar-refractivity contribution is 14.1. The maximum absolute atomic E-state index is 10.6. The van der Waals surface area contributed by atoms with Crippen LogP contribution in [-0.2, 0) is 4.79 Å². The van der Waals surface area contributed by atoms with Crippen molar-refractivity contribution in [1.82, 2.24) is 5.32 Å². The van der Waals surface area contributed by atoms with E-state index in [0.29, 0.717) is 4.43 Å². The molecule has 0 saturated heterocycles. The molecule has 0 aromatic rings. The van der Waals surface area contributed by atoms with Crippen molar-refractivity contribution in [2.75, 3.05) is 11.0 Å². The van der Waals surface area contributed by atoms with Crippen LogP contribution < -0.4 is 5.32 Å². The summed E-state index contributed by atoms with van der Waals surface area (Å²) in [7, 11) is 0. The minimum Gasteiger partial charge on any atom is -0.355 e. The number of amides is 1. The molecule has 1 aliphatic rings. The smallest absolute Gasteiger partial charge is 0.229 e. The molecule has 1 saturated carbocycles. The SMILES string of the molecule is O=C(CI)NCC1CC1. The van der Waals surface area contributed by atoms with Gasteiger partial charge in [0.2, 0.25) is 5.91 Å². The van der Waals surface area contributed by atoms with Crippen LogP contribution in [0, 0.1) is 5.92 Å². The highest BCUT2D eigenvalue weighted by Gasteiger charge is 2.20. The lowest BCUT2D eigenvalue weighted by Crippen LogP contribution is -2.26. The Hall–Kier alpha value is 0.200. The summed E-state index contributed by atoms with van der Waals surface area (Å²) in [4.78, 5) is 10.6. The molecule has 0 radical (unpaired) electrons. The fraction of sp³-hybridized carbons (Fsp3) is 0.833. The number of alkyl halides is 1. The van der Waals surface area contributed by atoms with Gasteiger partial charge in [-0.1, -0.05) is 22.6 Å². The van der Waals surface area contributed by atoms with Crippen LogP contribution in [0.1, 0.15) is 12.8 Å². The van der Waals surface area contributed by atoms with Crippen molar-refractivity contribution in [2.45, 2.75) is 12.8 Å². The van der Waals surface area contributed by atoms with Gasteiger partial charge in [-0.25, -0.2) is 0 Å². The molecule has 1 fully saturated rings. The fourth-order valence-corrected chi connectivity index (χ4v) is 0.897. The maximum atomic E-state index is 10.6. The zero-order valence-corrected chi connectivity index (χ0v) is 7.35. The van der Waals surface area contributed by atoms with Crippen LogP contribution in [0.5, 0.6) is 0 Å². The van der Waals surface area contributed by atoms with E-state index >= 15 is 0 Å². The lowest BCUT2D eigenvalue weighted by Gasteiger charge is -1.98. The quantitative estimate of drug-likeness (QED) is 0.576. The molecule has 0 aliphatic heterocycles. The van der Waals surface area contributed by atoms with Crippen LogP contribution in [0.2, 0.25) is 0 Å². The van der Waals surface area contributed by atoms with E-state index in [1.54, 1.807) is 0 Å². The van der Waals surface area contributed by atoms with Crippen LogP contribution >= 0.6 is 22.6 Å². The number of hydrogen-bond acceptors (Lipinski definition) is 1. The van der Waals surface area contributed by atoms with Gasteiger partial charge in [0.05, 0.1) is 4.43 Å². The van der Waals surface area contributed by atoms with Gasteiger partial charge < -0.3 is 5.32 Å². The van der Waals surface area contributed by atoms with Crippen LogP contribution in [0.25, 0.3) is 0 Å². The summed E-state index contributed by atoms with van der Waals surface area (Å²) in [5.74, 6) is 0.972. The molecular formula is C6H10INO. The van der Waals surface area contributed by atoms with E-state index < -0.39 is 0 Å². The van der Waals surface area contributed by atoms with Gasteiger partial charge in [-0.15, -0.1) is 0 Å². The van der Waals surface area contributed by atoms with E-state index in [1.165, 1.54) is 12.8 Å². The minimum atomic E-state index is 0.169. The second-order valence-corrected chi connectivity index (χ2v) is 3.14. The summed E-state index contributed by atoms with van der Waals surface area (Å²) < 4.78 is 0.588. The molecule has 2 nitrogen and oxygen atoms in total. The van der Waals surface area contributed by atoms with Gasteiger partial charge in [-0.05, 0) is 18.8 Å². The van der Waals surface area contributed by atoms with Crippen molar-refractivity contribution in [3.63, 3.8) is 0 Å². The number of hydrogen-bond donors (Lipinski definition) is 1. The second-order valence-electron chi connectivity index (χ2n) is 2.38. The Kier molecular flexibility index (Phi) is 2.75. The van der Waals surface area contributed by atoms with Crippen LogP contribution in [-0.4, -0.2) is 16.9 Å². The molecule has 9 heavy (non-hydrogen) atoms. The molecular weight excluding hydrogens is 229 g/mol. The van der Waals surface area contributed by atoms with Gasteiger partial charge in [0.15, 0.2) is 0 Å². The Morgan fingerprint density at radius 1 is 1.67 bits per heavy atom. The maximum Gasteiger partial charge on any atom is 0.229 e. The van der Waals surface area contributed by atoms with Gasteiger partial charge >= 0.3 is 0 Å². The summed E-state index contributed by atoms with van der Waals surface area (Å²) in [6.07, 6.45) is 2.61. The van der Waals surface area contributed by atoms with E-state index in [9.17, 15) is 4.79 Å². The third-order valence-electron chi connectivity index (χ3n) is 1.41. The zero-order chi connectivity index (χ0) is 6.69. The van der Waals surface area contributed by atoms with Crippen LogP contribution in [0.3, 0.4) is 0 Å². The normalized spacial score (nSPS) is 17.4. The Balaban J connectivity index is 1.96. The predicted octanol–water partition coefficient (Wildman–Crippen LogP) is 0.948. The van der Waals surface area contributed by atoms with Crippen molar-refractivity contribution < 1.29 is 4.79 Å². The first kappa shape index (κ1) is 7.31. The highest BCUT2D eigenvalue weighted by Crippen LogP contribution is 2.27. The van der Waals surface area contributed by atoms with E-state index in [4.69, 9.17) is 0 Å². The molecule has 0 spiro atoms. The number of halogens is 1. The largest absolute Gasteiger partial charge is 0.355 e. The van der Waals surface area contributed by atoms with Gasteiger partial charge in [-0.2, -0.15) is 0 Å². The molecule has 1 amide bonds. The van der Waals surface area contributed by atoms with Crippen LogP contribution in [0.4, 0.5) is 0 Å². The first-order valence-corrected chi connectivity index (χ1v) is 4.68. The van der Waals surface area contributed by atoms with E-state index in [-0.39, 0.29) is 5.91 Å². The Labute approximate surface area is 68.5 Å². The predicted molar refractivity (Wildman–Crippen MR) is 44.6 cm³/mol. The number of rotatable bonds is 3. The molecule has 3 heteroatoms. The topological polar surface area (TPSA) is 29.1 Å². The van der Waals surface area contributed by atoms with Crippen molar-refractivity contribution in [3.8, 4) is 0 Å². The summed E-state index contributed by atoms with van der Waals surface area (Å²) in [6.45, 7) is 0.905. The lowest BCUT2D eigenvalue weighted by atomic mass is 10.4. The standard InChI is InChI=1S/C6H10INO/c7-3-6(9)8-4-5-1-2-5/h5H,1-4H2,(H,8,9). The Morgan fingerprint density at radius 3 is 2.78 bits per heavy atom. The number of nitrogens with one attached hydrogen (secondary N) is 1. The van der Waals surface area contributed by atoms with Crippen molar-refractivity contribution in [1.29, 1.82) is 0 Å². The van der Waals surface area contributed by atoms with Gasteiger partial charge in [0.1, 0.15) is 0 Å². The van der Waals surface area contributed by atoms with Gasteiger partial charge in [0.25, 0.3) is 0 Å². The molecule has 0 unspecified atom stereocenters. The Morgan fingerprint density at radius 2 is 2.33 bits per heavy atom. The summed E-state index contributed by atoms with van der Waals surface area (Å²) >= 11 is 2.07. The summed E-state index contributed by atoms with van der Waals surface area (Å²) in [5.41, 5.74) is 0. The molecule has 52 valence electrons. The van der Waals surface area contributed by atoms with Crippen molar-refractivity contribution >= 4 is 28.5 Å². The monoisotopic (exact) mass is 239 g/mol. The first-order chi connectivity index (χ1) is 4.33. The molecule has 0 bridgehead atoms. The minimum absolute atomic E-state index is 0.169. The third kappa shape index (κ3) is 3.03. The molecule has 1 rings (SSSR count). The average Bonchev–Trinajstić information content (AvgIpc) is 2.65. The average molecular weight is 239 g/mol. The van der Waals surface area contributed by atoms with Crippen molar-refractivity contribution in [2.24, 2.45) is 5.92 Å². The first-order valence-electron chi connectivity index (χ1n) is 3.15. The van der Waals surface area contributed by atoms with Crippen molar-refractivity contribution in [3.05, 3.63) is 0 Å². The second kappa shape index (κ2) is 3.39. The summed E-state index contributed by atoms with van der Waals surface area (Å²) in [5, 5.41) is 2.85. The van der Waals surface area contributed by atoms with E-state index in [2.05, 4.69) is 27.9 Å². The molecule has 1 N–H and O–H groups in total. The molecule has 1 aliphatic carbocycles. The molecule has 0 aromatic heterocycles. The summed E-state index contributed by atoms with van der Waals surface area (Å²) in [6, 6.07) is 0. The highest BCUT2D eigenvalue weighted by atomic mass is 127. The third-order valence-corrected chi connectivity index (χ3v) is 2.10. The lowest BCUT2D eigenvalue weighted by molar-refractivity contribution is -0.118. The number of carbonyl (C=O) groups excluding carboxylic acids is 1. The van der Waals surface area contributed by atoms with E-state index in [0.717, 1.165) is 12.5 Å². The molecule has 0 aromatic carbocycles. The van der Waals surface area contributed by atoms with E-state index in [1.807, 2.05) is 0 Å². The number of carbonyl (C=O) groups is 1. The van der Waals surface area contributed by atoms with Crippen LogP contribution in [0.15, 0.2) is 0 Å².